The van der Waals surface area contributed by atoms with Crippen molar-refractivity contribution < 1.29 is 0 Å². The van der Waals surface area contributed by atoms with Crippen molar-refractivity contribution in [3.05, 3.63) is 40.6 Å². The summed E-state index contributed by atoms with van der Waals surface area (Å²) in [5.41, 5.74) is 6.54. The zero-order valence-corrected chi connectivity index (χ0v) is 9.81. The fourth-order valence-corrected chi connectivity index (χ4v) is 2.04. The Bertz CT molecular complexity index is 530. The smallest absolute Gasteiger partial charge is 0.0494 e. The van der Waals surface area contributed by atoms with Crippen LogP contribution in [0, 0.1) is 20.8 Å². The molecule has 2 aromatic rings. The Morgan fingerprint density at radius 3 is 2.53 bits per heavy atom. The number of hydrogen-bond acceptors (Lipinski definition) is 0. The van der Waals surface area contributed by atoms with Gasteiger partial charge in [-0.1, -0.05) is 24.3 Å². The van der Waals surface area contributed by atoms with Gasteiger partial charge in [0, 0.05) is 22.2 Å². The van der Waals surface area contributed by atoms with Crippen molar-refractivity contribution in [3.8, 4) is 0 Å². The van der Waals surface area contributed by atoms with Crippen molar-refractivity contribution in [1.29, 1.82) is 0 Å². The van der Waals surface area contributed by atoms with Crippen LogP contribution in [0.25, 0.3) is 17.0 Å². The Morgan fingerprint density at radius 1 is 1.13 bits per heavy atom. The fraction of sp³-hybridized carbons (Fsp3) is 0.286. The molecule has 78 valence electrons. The van der Waals surface area contributed by atoms with Crippen LogP contribution in [0.15, 0.2) is 18.2 Å². The zero-order valence-electron chi connectivity index (χ0n) is 9.81. The van der Waals surface area contributed by atoms with Gasteiger partial charge in [0.1, 0.15) is 0 Å². The van der Waals surface area contributed by atoms with Crippen LogP contribution in [0.3, 0.4) is 0 Å². The molecule has 0 saturated heterocycles. The van der Waals surface area contributed by atoms with E-state index in [-0.39, 0.29) is 0 Å². The minimum atomic E-state index is 1.25. The van der Waals surface area contributed by atoms with Crippen molar-refractivity contribution in [3.63, 3.8) is 0 Å². The Balaban J connectivity index is 2.85. The monoisotopic (exact) mass is 199 g/mol. The summed E-state index contributed by atoms with van der Waals surface area (Å²) in [4.78, 5) is 3.47. The van der Waals surface area contributed by atoms with Crippen LogP contribution in [0.4, 0.5) is 0 Å². The van der Waals surface area contributed by atoms with E-state index >= 15 is 0 Å². The van der Waals surface area contributed by atoms with Crippen LogP contribution in [0.2, 0.25) is 0 Å². The van der Waals surface area contributed by atoms with Crippen LogP contribution in [-0.4, -0.2) is 4.98 Å². The first kappa shape index (κ1) is 10.0. The molecule has 0 bridgehead atoms. The molecule has 1 aromatic heterocycles. The maximum atomic E-state index is 3.47. The summed E-state index contributed by atoms with van der Waals surface area (Å²) in [6.07, 6.45) is 4.26. The Morgan fingerprint density at radius 2 is 1.87 bits per heavy atom. The first-order valence-electron chi connectivity index (χ1n) is 5.36. The third-order valence-corrected chi connectivity index (χ3v) is 3.08. The van der Waals surface area contributed by atoms with E-state index in [4.69, 9.17) is 0 Å². The van der Waals surface area contributed by atoms with Crippen LogP contribution >= 0.6 is 0 Å². The molecule has 0 radical (unpaired) electrons. The van der Waals surface area contributed by atoms with Gasteiger partial charge in [-0.2, -0.15) is 0 Å². The average Bonchev–Trinajstić information content (AvgIpc) is 2.52. The molecule has 0 aliphatic rings. The summed E-state index contributed by atoms with van der Waals surface area (Å²) < 4.78 is 0. The molecule has 0 aliphatic carbocycles. The molecule has 1 N–H and O–H groups in total. The maximum absolute atomic E-state index is 3.47. The number of H-pyrrole nitrogens is 1. The topological polar surface area (TPSA) is 15.8 Å². The van der Waals surface area contributed by atoms with Crippen molar-refractivity contribution in [2.24, 2.45) is 0 Å². The predicted octanol–water partition coefficient (Wildman–Crippen LogP) is 4.13. The number of aryl methyl sites for hydroxylation is 3. The Kier molecular flexibility index (Phi) is 2.39. The molecular formula is C14H17N. The van der Waals surface area contributed by atoms with Gasteiger partial charge in [0.15, 0.2) is 0 Å². The minimum absolute atomic E-state index is 1.25. The number of nitrogens with one attached hydrogen (secondary N) is 1. The quantitative estimate of drug-likeness (QED) is 0.711. The molecule has 0 atom stereocenters. The standard InChI is InChI=1S/C14H17N/c1-5-6-12-11(4)15-14-10(3)9(2)7-8-13(12)14/h5-8,15H,1-4H3/b6-5-. The predicted molar refractivity (Wildman–Crippen MR) is 67.2 cm³/mol. The van der Waals surface area contributed by atoms with Crippen LogP contribution in [0.1, 0.15) is 29.3 Å². The number of hydrogen-bond donors (Lipinski definition) is 1. The third-order valence-electron chi connectivity index (χ3n) is 3.08. The van der Waals surface area contributed by atoms with E-state index in [1.54, 1.807) is 0 Å². The van der Waals surface area contributed by atoms with Gasteiger partial charge in [0.05, 0.1) is 0 Å². The molecule has 0 fully saturated rings. The second kappa shape index (κ2) is 3.58. The number of aromatic nitrogens is 1. The zero-order chi connectivity index (χ0) is 11.0. The van der Waals surface area contributed by atoms with E-state index in [0.29, 0.717) is 0 Å². The molecule has 0 unspecified atom stereocenters. The van der Waals surface area contributed by atoms with Gasteiger partial charge in [-0.3, -0.25) is 0 Å². The van der Waals surface area contributed by atoms with Crippen molar-refractivity contribution in [2.75, 3.05) is 0 Å². The van der Waals surface area contributed by atoms with E-state index in [9.17, 15) is 0 Å². The molecule has 1 nitrogen and oxygen atoms in total. The molecule has 1 aromatic carbocycles. The molecule has 1 heterocycles. The van der Waals surface area contributed by atoms with Crippen LogP contribution in [0.5, 0.6) is 0 Å². The van der Waals surface area contributed by atoms with Gasteiger partial charge >= 0.3 is 0 Å². The molecule has 0 amide bonds. The summed E-state index contributed by atoms with van der Waals surface area (Å²) in [6.45, 7) is 8.51. The summed E-state index contributed by atoms with van der Waals surface area (Å²) in [7, 11) is 0. The highest BCUT2D eigenvalue weighted by Gasteiger charge is 2.08. The summed E-state index contributed by atoms with van der Waals surface area (Å²) in [6, 6.07) is 4.40. The second-order valence-electron chi connectivity index (χ2n) is 4.09. The van der Waals surface area contributed by atoms with Gasteiger partial charge in [0.2, 0.25) is 0 Å². The highest BCUT2D eigenvalue weighted by molar-refractivity contribution is 5.93. The SMILES string of the molecule is C/C=C\c1c(C)[nH]c2c(C)c(C)ccc12. The van der Waals surface area contributed by atoms with Gasteiger partial charge in [-0.25, -0.2) is 0 Å². The molecule has 15 heavy (non-hydrogen) atoms. The second-order valence-corrected chi connectivity index (χ2v) is 4.09. The van der Waals surface area contributed by atoms with E-state index < -0.39 is 0 Å². The Hall–Kier alpha value is -1.50. The normalized spacial score (nSPS) is 11.7. The number of rotatable bonds is 1. The van der Waals surface area contributed by atoms with E-state index in [2.05, 4.69) is 57.0 Å². The number of aromatic amines is 1. The first-order valence-corrected chi connectivity index (χ1v) is 5.36. The first-order chi connectivity index (χ1) is 7.15. The van der Waals surface area contributed by atoms with Crippen molar-refractivity contribution in [2.45, 2.75) is 27.7 Å². The van der Waals surface area contributed by atoms with Crippen molar-refractivity contribution in [1.82, 2.24) is 4.98 Å². The molecular weight excluding hydrogens is 182 g/mol. The van der Waals surface area contributed by atoms with Crippen molar-refractivity contribution >= 4 is 17.0 Å². The third kappa shape index (κ3) is 1.48. The fourth-order valence-electron chi connectivity index (χ4n) is 2.04. The summed E-state index contributed by atoms with van der Waals surface area (Å²) >= 11 is 0. The lowest BCUT2D eigenvalue weighted by molar-refractivity contribution is 1.27. The molecule has 1 heteroatoms. The number of allylic oxidation sites excluding steroid dienone is 1. The Labute approximate surface area is 90.8 Å². The lowest BCUT2D eigenvalue weighted by atomic mass is 10.0. The highest BCUT2D eigenvalue weighted by Crippen LogP contribution is 2.27. The number of fused-ring (bicyclic) bond motifs is 1. The minimum Gasteiger partial charge on any atom is -0.358 e. The average molecular weight is 199 g/mol. The van der Waals surface area contributed by atoms with Gasteiger partial charge < -0.3 is 4.98 Å². The van der Waals surface area contributed by atoms with Crippen LogP contribution < -0.4 is 0 Å². The summed E-state index contributed by atoms with van der Waals surface area (Å²) in [5.74, 6) is 0. The van der Waals surface area contributed by atoms with E-state index in [1.807, 2.05) is 0 Å². The lowest BCUT2D eigenvalue weighted by Crippen LogP contribution is -1.81. The largest absolute Gasteiger partial charge is 0.358 e. The molecule has 2 rings (SSSR count). The van der Waals surface area contributed by atoms with Crippen LogP contribution in [-0.2, 0) is 0 Å². The summed E-state index contributed by atoms with van der Waals surface area (Å²) in [5, 5.41) is 1.33. The maximum Gasteiger partial charge on any atom is 0.0494 e. The lowest BCUT2D eigenvalue weighted by Gasteiger charge is -2.00. The molecule has 0 aliphatic heterocycles. The van der Waals surface area contributed by atoms with E-state index in [0.717, 1.165) is 0 Å². The van der Waals surface area contributed by atoms with E-state index in [1.165, 1.54) is 33.3 Å². The van der Waals surface area contributed by atoms with Gasteiger partial charge in [-0.05, 0) is 38.8 Å². The number of benzene rings is 1. The highest BCUT2D eigenvalue weighted by atomic mass is 14.7. The molecule has 0 saturated carbocycles. The van der Waals surface area contributed by atoms with Gasteiger partial charge in [-0.15, -0.1) is 0 Å². The molecule has 0 spiro atoms. The van der Waals surface area contributed by atoms with Gasteiger partial charge in [0.25, 0.3) is 0 Å².